The monoisotopic (exact) mass is 555 g/mol. The summed E-state index contributed by atoms with van der Waals surface area (Å²) in [6.07, 6.45) is 14.4. The van der Waals surface area contributed by atoms with E-state index in [0.29, 0.717) is 18.5 Å². The molecule has 3 rings (SSSR count). The number of rotatable bonds is 9. The van der Waals surface area contributed by atoms with Crippen LogP contribution in [0.5, 0.6) is 0 Å². The van der Waals surface area contributed by atoms with Crippen LogP contribution in [0.2, 0.25) is 0 Å². The maximum Gasteiger partial charge on any atom is 0.207 e. The van der Waals surface area contributed by atoms with Gasteiger partial charge in [0, 0.05) is 31.9 Å². The Morgan fingerprint density at radius 1 is 1.07 bits per heavy atom. The van der Waals surface area contributed by atoms with Gasteiger partial charge >= 0.3 is 0 Å². The largest absolute Gasteiger partial charge is 0.379 e. The van der Waals surface area contributed by atoms with E-state index < -0.39 is 0 Å². The highest BCUT2D eigenvalue weighted by Crippen LogP contribution is 2.27. The first kappa shape index (κ1) is 37.2. The van der Waals surface area contributed by atoms with Gasteiger partial charge in [0.1, 0.15) is 0 Å². The van der Waals surface area contributed by atoms with Gasteiger partial charge in [-0.3, -0.25) is 14.7 Å². The van der Waals surface area contributed by atoms with E-state index in [9.17, 15) is 9.18 Å². The summed E-state index contributed by atoms with van der Waals surface area (Å²) in [7, 11) is 0. The first-order valence-electron chi connectivity index (χ1n) is 14.8. The highest BCUT2D eigenvalue weighted by molar-refractivity contribution is 5.73. The fraction of sp³-hybridized carbons (Fsp3) is 0.529. The zero-order valence-corrected chi connectivity index (χ0v) is 25.8. The first-order valence-corrected chi connectivity index (χ1v) is 14.8. The van der Waals surface area contributed by atoms with Crippen molar-refractivity contribution in [3.8, 4) is 0 Å². The first-order chi connectivity index (χ1) is 19.4. The average Bonchev–Trinajstić information content (AvgIpc) is 3.00. The Kier molecular flexibility index (Phi) is 23.4. The molecule has 5 nitrogen and oxygen atoms in total. The van der Waals surface area contributed by atoms with E-state index in [-0.39, 0.29) is 11.9 Å². The Bertz CT molecular complexity index is 859. The zero-order valence-electron chi connectivity index (χ0n) is 25.8. The third kappa shape index (κ3) is 17.7. The number of halogens is 1. The molecular weight excluding hydrogens is 501 g/mol. The molecule has 0 bridgehead atoms. The van der Waals surface area contributed by atoms with Crippen molar-refractivity contribution in [1.82, 2.24) is 10.2 Å². The Morgan fingerprint density at radius 3 is 2.15 bits per heavy atom. The number of nitrogens with zero attached hydrogens (tertiary/aromatic N) is 2. The molecule has 40 heavy (non-hydrogen) atoms. The number of benzene rings is 1. The minimum atomic E-state index is -0.339. The van der Waals surface area contributed by atoms with Crippen LogP contribution in [0.15, 0.2) is 89.2 Å². The lowest BCUT2D eigenvalue weighted by Crippen LogP contribution is -2.45. The lowest BCUT2D eigenvalue weighted by atomic mass is 9.86. The van der Waals surface area contributed by atoms with Crippen molar-refractivity contribution in [2.45, 2.75) is 79.3 Å². The summed E-state index contributed by atoms with van der Waals surface area (Å²) in [5.41, 5.74) is 1.60. The summed E-state index contributed by atoms with van der Waals surface area (Å²) >= 11 is 0. The van der Waals surface area contributed by atoms with E-state index in [2.05, 4.69) is 28.7 Å². The Labute approximate surface area is 244 Å². The third-order valence-corrected chi connectivity index (χ3v) is 6.53. The molecule has 1 aromatic carbocycles. The number of hydrogen-bond acceptors (Lipinski definition) is 4. The summed E-state index contributed by atoms with van der Waals surface area (Å²) in [5.74, 6) is 0.639. The van der Waals surface area contributed by atoms with Gasteiger partial charge in [-0.15, -0.1) is 0 Å². The SMILES string of the molecule is C=C/C(=C\C=C(/C)F)C(NC=O)/C(C)=C/C=NCC.CC.CC1CCC[C@@H](N2CCOCC2)C1.c1ccccc1. The van der Waals surface area contributed by atoms with Crippen LogP contribution in [0.4, 0.5) is 4.39 Å². The van der Waals surface area contributed by atoms with Gasteiger partial charge in [0.15, 0.2) is 0 Å². The molecule has 3 atom stereocenters. The molecule has 1 N–H and O–H groups in total. The summed E-state index contributed by atoms with van der Waals surface area (Å²) < 4.78 is 18.1. The second-order valence-corrected chi connectivity index (χ2v) is 9.63. The number of aliphatic imine (C=N–C) groups is 1. The van der Waals surface area contributed by atoms with Crippen molar-refractivity contribution in [1.29, 1.82) is 0 Å². The molecule has 1 saturated carbocycles. The van der Waals surface area contributed by atoms with E-state index >= 15 is 0 Å². The van der Waals surface area contributed by atoms with E-state index in [1.807, 2.05) is 70.2 Å². The molecule has 1 aromatic rings. The molecule has 6 heteroatoms. The topological polar surface area (TPSA) is 53.9 Å². The van der Waals surface area contributed by atoms with Crippen molar-refractivity contribution in [3.05, 3.63) is 84.3 Å². The molecule has 1 heterocycles. The van der Waals surface area contributed by atoms with E-state index in [0.717, 1.165) is 43.8 Å². The molecule has 2 unspecified atom stereocenters. The number of ether oxygens (including phenoxy) is 1. The molecule has 2 aliphatic rings. The van der Waals surface area contributed by atoms with E-state index in [1.54, 1.807) is 18.4 Å². The maximum atomic E-state index is 12.8. The van der Waals surface area contributed by atoms with Crippen molar-refractivity contribution < 1.29 is 13.9 Å². The van der Waals surface area contributed by atoms with Crippen molar-refractivity contribution in [2.75, 3.05) is 32.8 Å². The minimum Gasteiger partial charge on any atom is -0.379 e. The van der Waals surface area contributed by atoms with E-state index in [1.165, 1.54) is 38.7 Å². The number of nitrogens with one attached hydrogen (secondary N) is 1. The molecule has 0 spiro atoms. The molecule has 2 fully saturated rings. The quantitative estimate of drug-likeness (QED) is 0.193. The number of carbonyl (C=O) groups is 1. The van der Waals surface area contributed by atoms with Crippen LogP contribution >= 0.6 is 0 Å². The molecule has 0 radical (unpaired) electrons. The molecule has 1 amide bonds. The summed E-state index contributed by atoms with van der Waals surface area (Å²) in [6, 6.07) is 12.5. The highest BCUT2D eigenvalue weighted by Gasteiger charge is 2.25. The van der Waals surface area contributed by atoms with Crippen molar-refractivity contribution in [3.63, 3.8) is 0 Å². The summed E-state index contributed by atoms with van der Waals surface area (Å²) in [6.45, 7) is 20.2. The van der Waals surface area contributed by atoms with Crippen LogP contribution in [0, 0.1) is 5.92 Å². The predicted octanol–water partition coefficient (Wildman–Crippen LogP) is 7.73. The fourth-order valence-electron chi connectivity index (χ4n) is 4.48. The van der Waals surface area contributed by atoms with Crippen molar-refractivity contribution in [2.24, 2.45) is 10.9 Å². The van der Waals surface area contributed by atoms with Gasteiger partial charge in [-0.1, -0.05) is 88.7 Å². The average molecular weight is 556 g/mol. The normalized spacial score (nSPS) is 20.9. The van der Waals surface area contributed by atoms with Gasteiger partial charge in [-0.05, 0) is 62.8 Å². The standard InChI is InChI=1S/C15H21FN2O.C11H21NO.C6H6.C2H6/c1-5-14(8-7-13(4)16)15(18-11-19)12(3)9-10-17-6-2;1-10-3-2-4-11(9-10)12-5-7-13-8-6-12;1-2-4-6-5-3-1;1-2/h5,7-11,15H,1,6H2,2-4H3,(H,18,19);10-11H,2-9H2,1H3;1-6H;1-2H3/b12-9+,13-7+,14-8+,17-10?;;;/t;10?,11-;;/m.1../s1. The van der Waals surface area contributed by atoms with Gasteiger partial charge in [-0.25, -0.2) is 4.39 Å². The number of allylic oxidation sites excluding steroid dienone is 4. The van der Waals surface area contributed by atoms with Crippen LogP contribution in [0.25, 0.3) is 0 Å². The lowest BCUT2D eigenvalue weighted by molar-refractivity contribution is -0.109. The number of carbonyl (C=O) groups excluding carboxylic acids is 1. The van der Waals surface area contributed by atoms with Crippen LogP contribution in [-0.4, -0.2) is 62.5 Å². The van der Waals surface area contributed by atoms with E-state index in [4.69, 9.17) is 4.74 Å². The second kappa shape index (κ2) is 25.2. The summed E-state index contributed by atoms with van der Waals surface area (Å²) in [4.78, 5) is 17.4. The van der Waals surface area contributed by atoms with Gasteiger partial charge in [0.05, 0.1) is 25.1 Å². The maximum absolute atomic E-state index is 12.8. The molecule has 1 aliphatic heterocycles. The summed E-state index contributed by atoms with van der Waals surface area (Å²) in [5, 5.41) is 2.68. The third-order valence-electron chi connectivity index (χ3n) is 6.53. The van der Waals surface area contributed by atoms with Crippen LogP contribution in [-0.2, 0) is 9.53 Å². The van der Waals surface area contributed by atoms with Gasteiger partial charge in [0.2, 0.25) is 6.41 Å². The zero-order chi connectivity index (χ0) is 30.0. The minimum absolute atomic E-state index is 0.307. The van der Waals surface area contributed by atoms with Gasteiger partial charge < -0.3 is 10.1 Å². The highest BCUT2D eigenvalue weighted by atomic mass is 19.1. The molecule has 0 aromatic heterocycles. The Balaban J connectivity index is 0.000000616. The van der Waals surface area contributed by atoms with Crippen LogP contribution in [0.3, 0.4) is 0 Å². The molecule has 224 valence electrons. The number of morpholine rings is 1. The lowest BCUT2D eigenvalue weighted by Gasteiger charge is -2.38. The Morgan fingerprint density at radius 2 is 1.68 bits per heavy atom. The van der Waals surface area contributed by atoms with Gasteiger partial charge in [0.25, 0.3) is 0 Å². The fourth-order valence-corrected chi connectivity index (χ4v) is 4.48. The number of amides is 1. The smallest absolute Gasteiger partial charge is 0.207 e. The Hall–Kier alpha value is -2.83. The predicted molar refractivity (Wildman–Crippen MR) is 171 cm³/mol. The van der Waals surface area contributed by atoms with Crippen molar-refractivity contribution >= 4 is 12.6 Å². The second-order valence-electron chi connectivity index (χ2n) is 9.63. The van der Waals surface area contributed by atoms with Gasteiger partial charge in [-0.2, -0.15) is 0 Å². The molecule has 1 saturated heterocycles. The van der Waals surface area contributed by atoms with Crippen LogP contribution < -0.4 is 5.32 Å². The number of hydrogen-bond donors (Lipinski definition) is 1. The van der Waals surface area contributed by atoms with Crippen LogP contribution in [0.1, 0.15) is 67.2 Å². The molecule has 1 aliphatic carbocycles. The molecular formula is C34H54FN3O2.